The van der Waals surface area contributed by atoms with Crippen LogP contribution in [0.25, 0.3) is 10.1 Å². The number of benzene rings is 1. The molecule has 0 atom stereocenters. The molecule has 0 spiro atoms. The lowest BCUT2D eigenvalue weighted by molar-refractivity contribution is 1.17. The Labute approximate surface area is 95.1 Å². The first-order valence-electron chi connectivity index (χ1n) is 4.18. The molecule has 2 aromatic rings. The molecule has 1 aromatic heterocycles. The third-order valence-electron chi connectivity index (χ3n) is 2.19. The van der Waals surface area contributed by atoms with Crippen LogP contribution in [0.15, 0.2) is 17.5 Å². The number of aryl methyl sites for hydroxylation is 1. The molecule has 1 aromatic carbocycles. The molecule has 13 heavy (non-hydrogen) atoms. The van der Waals surface area contributed by atoms with Gasteiger partial charge in [-0.1, -0.05) is 13.0 Å². The van der Waals surface area contributed by atoms with Crippen molar-refractivity contribution in [1.29, 1.82) is 0 Å². The van der Waals surface area contributed by atoms with Gasteiger partial charge < -0.3 is 5.73 Å². The monoisotopic (exact) mass is 303 g/mol. The van der Waals surface area contributed by atoms with Gasteiger partial charge in [0, 0.05) is 24.7 Å². The molecule has 0 aliphatic carbocycles. The van der Waals surface area contributed by atoms with Crippen molar-refractivity contribution >= 4 is 49.7 Å². The molecule has 0 aliphatic rings. The highest BCUT2D eigenvalue weighted by Gasteiger charge is 2.07. The Morgan fingerprint density at radius 1 is 1.46 bits per heavy atom. The second-order valence-corrected chi connectivity index (χ2v) is 4.99. The summed E-state index contributed by atoms with van der Waals surface area (Å²) in [6.45, 7) is 2.15. The van der Waals surface area contributed by atoms with E-state index in [0.717, 1.165) is 12.1 Å². The summed E-state index contributed by atoms with van der Waals surface area (Å²) in [5, 5.41) is 3.53. The Hall–Kier alpha value is -0.290. The van der Waals surface area contributed by atoms with Gasteiger partial charge in [0.25, 0.3) is 0 Å². The van der Waals surface area contributed by atoms with Crippen LogP contribution in [-0.4, -0.2) is 0 Å². The number of nitrogens with two attached hydrogens (primary N) is 1. The van der Waals surface area contributed by atoms with E-state index >= 15 is 0 Å². The molecule has 3 heteroatoms. The van der Waals surface area contributed by atoms with Gasteiger partial charge >= 0.3 is 0 Å². The van der Waals surface area contributed by atoms with Crippen LogP contribution < -0.4 is 5.73 Å². The number of rotatable bonds is 1. The van der Waals surface area contributed by atoms with Crippen LogP contribution in [0, 0.1) is 3.57 Å². The molecule has 0 saturated carbocycles. The van der Waals surface area contributed by atoms with E-state index in [4.69, 9.17) is 5.73 Å². The summed E-state index contributed by atoms with van der Waals surface area (Å²) < 4.78 is 2.68. The lowest BCUT2D eigenvalue weighted by Gasteiger charge is -2.03. The van der Waals surface area contributed by atoms with Gasteiger partial charge in [-0.05, 0) is 40.6 Å². The summed E-state index contributed by atoms with van der Waals surface area (Å²) in [6.07, 6.45) is 1.01. The summed E-state index contributed by atoms with van der Waals surface area (Å²) in [7, 11) is 0. The predicted molar refractivity (Wildman–Crippen MR) is 68.3 cm³/mol. The molecule has 0 bridgehead atoms. The van der Waals surface area contributed by atoms with Gasteiger partial charge in [0.15, 0.2) is 0 Å². The van der Waals surface area contributed by atoms with Gasteiger partial charge in [0.2, 0.25) is 0 Å². The number of anilines is 1. The van der Waals surface area contributed by atoms with Crippen molar-refractivity contribution in [3.63, 3.8) is 0 Å². The largest absolute Gasteiger partial charge is 0.398 e. The van der Waals surface area contributed by atoms with Crippen molar-refractivity contribution in [2.24, 2.45) is 0 Å². The average Bonchev–Trinajstić information content (AvgIpc) is 2.48. The molecule has 1 nitrogen and oxygen atoms in total. The Morgan fingerprint density at radius 2 is 2.23 bits per heavy atom. The van der Waals surface area contributed by atoms with Gasteiger partial charge in [-0.25, -0.2) is 0 Å². The van der Waals surface area contributed by atoms with E-state index in [9.17, 15) is 0 Å². The maximum atomic E-state index is 5.91. The number of hydrogen-bond donors (Lipinski definition) is 1. The second-order valence-electron chi connectivity index (χ2n) is 2.95. The third-order valence-corrected chi connectivity index (χ3v) is 4.56. The fourth-order valence-corrected chi connectivity index (χ4v) is 3.58. The number of hydrogen-bond acceptors (Lipinski definition) is 2. The van der Waals surface area contributed by atoms with Crippen molar-refractivity contribution in [1.82, 2.24) is 0 Å². The number of halogens is 1. The molecule has 1 heterocycles. The minimum atomic E-state index is 0.924. The first-order valence-corrected chi connectivity index (χ1v) is 6.14. The zero-order chi connectivity index (χ0) is 9.42. The fourth-order valence-electron chi connectivity index (χ4n) is 1.50. The van der Waals surface area contributed by atoms with Crippen LogP contribution in [-0.2, 0) is 6.42 Å². The maximum absolute atomic E-state index is 5.91. The molecule has 0 amide bonds. The first-order chi connectivity index (χ1) is 6.24. The molecule has 0 saturated heterocycles. The highest BCUT2D eigenvalue weighted by Crippen LogP contribution is 2.33. The highest BCUT2D eigenvalue weighted by atomic mass is 127. The summed E-state index contributed by atoms with van der Waals surface area (Å²) >= 11 is 4.16. The van der Waals surface area contributed by atoms with Crippen LogP contribution in [0.4, 0.5) is 5.69 Å². The van der Waals surface area contributed by atoms with Gasteiger partial charge in [0.1, 0.15) is 0 Å². The molecule has 68 valence electrons. The van der Waals surface area contributed by atoms with Gasteiger partial charge in [-0.15, -0.1) is 11.3 Å². The first kappa shape index (κ1) is 9.27. The smallest absolute Gasteiger partial charge is 0.0406 e. The lowest BCUT2D eigenvalue weighted by atomic mass is 10.1. The fraction of sp³-hybridized carbons (Fsp3) is 0.200. The van der Waals surface area contributed by atoms with E-state index in [-0.39, 0.29) is 0 Å². The molecule has 0 radical (unpaired) electrons. The summed E-state index contributed by atoms with van der Waals surface area (Å²) in [4.78, 5) is 0. The van der Waals surface area contributed by atoms with Crippen molar-refractivity contribution in [2.45, 2.75) is 13.3 Å². The lowest BCUT2D eigenvalue weighted by Crippen LogP contribution is -1.92. The topological polar surface area (TPSA) is 26.0 Å². The van der Waals surface area contributed by atoms with Crippen molar-refractivity contribution in [2.75, 3.05) is 5.73 Å². The minimum Gasteiger partial charge on any atom is -0.398 e. The van der Waals surface area contributed by atoms with E-state index in [2.05, 4.69) is 41.0 Å². The Balaban J connectivity index is 2.85. The summed E-state index contributed by atoms with van der Waals surface area (Å²) in [5.41, 5.74) is 8.13. The van der Waals surface area contributed by atoms with Crippen LogP contribution in [0.3, 0.4) is 0 Å². The van der Waals surface area contributed by atoms with Crippen LogP contribution in [0.5, 0.6) is 0 Å². The summed E-state index contributed by atoms with van der Waals surface area (Å²) in [6, 6.07) is 4.12. The van der Waals surface area contributed by atoms with E-state index in [1.54, 1.807) is 11.3 Å². The van der Waals surface area contributed by atoms with E-state index in [0.29, 0.717) is 0 Å². The summed E-state index contributed by atoms with van der Waals surface area (Å²) in [5.74, 6) is 0. The van der Waals surface area contributed by atoms with Gasteiger partial charge in [-0.2, -0.15) is 0 Å². The van der Waals surface area contributed by atoms with E-state index < -0.39 is 0 Å². The standard InChI is InChI=1S/C10H10INS/c1-2-6-9(12)4-3-7-8(11)5-13-10(6)7/h3-5H,2,12H2,1H3. The molecular formula is C10H10INS. The Morgan fingerprint density at radius 3 is 2.92 bits per heavy atom. The number of fused-ring (bicyclic) bond motifs is 1. The normalized spacial score (nSPS) is 10.9. The zero-order valence-corrected chi connectivity index (χ0v) is 10.3. The third kappa shape index (κ3) is 1.44. The second kappa shape index (κ2) is 3.46. The van der Waals surface area contributed by atoms with Crippen LogP contribution in [0.2, 0.25) is 0 Å². The molecule has 2 rings (SSSR count). The van der Waals surface area contributed by atoms with E-state index in [1.807, 2.05) is 6.07 Å². The molecule has 0 unspecified atom stereocenters. The van der Waals surface area contributed by atoms with E-state index in [1.165, 1.54) is 19.2 Å². The number of nitrogen functional groups attached to an aromatic ring is 1. The van der Waals surface area contributed by atoms with Crippen LogP contribution >= 0.6 is 33.9 Å². The average molecular weight is 303 g/mol. The van der Waals surface area contributed by atoms with Crippen molar-refractivity contribution < 1.29 is 0 Å². The zero-order valence-electron chi connectivity index (χ0n) is 7.30. The van der Waals surface area contributed by atoms with Crippen molar-refractivity contribution in [3.05, 3.63) is 26.6 Å². The van der Waals surface area contributed by atoms with Gasteiger partial charge in [-0.3, -0.25) is 0 Å². The Bertz CT molecular complexity index is 447. The van der Waals surface area contributed by atoms with Crippen molar-refractivity contribution in [3.8, 4) is 0 Å². The maximum Gasteiger partial charge on any atom is 0.0406 e. The molecule has 0 fully saturated rings. The van der Waals surface area contributed by atoms with Crippen LogP contribution in [0.1, 0.15) is 12.5 Å². The number of thiophene rings is 1. The predicted octanol–water partition coefficient (Wildman–Crippen LogP) is 3.65. The molecule has 2 N–H and O–H groups in total. The highest BCUT2D eigenvalue weighted by molar-refractivity contribution is 14.1. The minimum absolute atomic E-state index is 0.924. The molecule has 0 aliphatic heterocycles. The molecular weight excluding hydrogens is 293 g/mol. The van der Waals surface area contributed by atoms with Gasteiger partial charge in [0.05, 0.1) is 0 Å². The SMILES string of the molecule is CCc1c(N)ccc2c(I)csc12. The Kier molecular flexibility index (Phi) is 2.47. The quantitative estimate of drug-likeness (QED) is 0.631.